The monoisotopic (exact) mass is 220 g/mol. The highest BCUT2D eigenvalue weighted by Crippen LogP contribution is 2.27. The molecule has 0 aliphatic heterocycles. The van der Waals surface area contributed by atoms with Gasteiger partial charge in [0.05, 0.1) is 4.88 Å². The Morgan fingerprint density at radius 3 is 2.80 bits per heavy atom. The van der Waals surface area contributed by atoms with Gasteiger partial charge in [-0.25, -0.2) is 0 Å². The van der Waals surface area contributed by atoms with Crippen LogP contribution in [-0.2, 0) is 0 Å². The van der Waals surface area contributed by atoms with Gasteiger partial charge >= 0.3 is 0 Å². The molecule has 0 saturated carbocycles. The topological polar surface area (TPSA) is 17.1 Å². The number of hydrogen-bond acceptors (Lipinski definition) is 2. The van der Waals surface area contributed by atoms with Gasteiger partial charge in [-0.2, -0.15) is 0 Å². The molecule has 1 aliphatic carbocycles. The van der Waals surface area contributed by atoms with Crippen molar-refractivity contribution in [2.45, 2.75) is 33.1 Å². The first kappa shape index (κ1) is 10.6. The lowest BCUT2D eigenvalue weighted by atomic mass is 9.89. The van der Waals surface area contributed by atoms with Gasteiger partial charge in [-0.05, 0) is 49.8 Å². The number of carbonyl (C=O) groups is 1. The molecule has 0 radical (unpaired) electrons. The van der Waals surface area contributed by atoms with Crippen LogP contribution in [0.3, 0.4) is 0 Å². The predicted octanol–water partition coefficient (Wildman–Crippen LogP) is 3.99. The molecular formula is C13H16OS. The van der Waals surface area contributed by atoms with Gasteiger partial charge in [0.1, 0.15) is 0 Å². The van der Waals surface area contributed by atoms with Gasteiger partial charge < -0.3 is 0 Å². The first-order valence-electron chi connectivity index (χ1n) is 5.47. The molecule has 0 aromatic carbocycles. The number of rotatable bonds is 2. The summed E-state index contributed by atoms with van der Waals surface area (Å²) in [6.45, 7) is 4.28. The van der Waals surface area contributed by atoms with Crippen LogP contribution in [0.15, 0.2) is 23.8 Å². The van der Waals surface area contributed by atoms with E-state index in [4.69, 9.17) is 0 Å². The first-order valence-corrected chi connectivity index (χ1v) is 6.28. The van der Waals surface area contributed by atoms with Crippen LogP contribution in [0.2, 0.25) is 0 Å². The lowest BCUT2D eigenvalue weighted by Gasteiger charge is -2.16. The van der Waals surface area contributed by atoms with Crippen molar-refractivity contribution in [3.63, 3.8) is 0 Å². The molecule has 15 heavy (non-hydrogen) atoms. The molecule has 0 N–H and O–H groups in total. The van der Waals surface area contributed by atoms with Crippen LogP contribution in [0.25, 0.3) is 0 Å². The minimum absolute atomic E-state index is 0.250. The molecule has 80 valence electrons. The molecule has 2 heteroatoms. The summed E-state index contributed by atoms with van der Waals surface area (Å²) in [6, 6.07) is 3.96. The summed E-state index contributed by atoms with van der Waals surface area (Å²) in [5, 5.41) is 0. The van der Waals surface area contributed by atoms with E-state index in [1.54, 1.807) is 11.3 Å². The van der Waals surface area contributed by atoms with Crippen molar-refractivity contribution in [1.82, 2.24) is 0 Å². The highest BCUT2D eigenvalue weighted by Gasteiger charge is 2.18. The van der Waals surface area contributed by atoms with E-state index in [1.807, 2.05) is 19.1 Å². The highest BCUT2D eigenvalue weighted by atomic mass is 32.1. The fourth-order valence-corrected chi connectivity index (χ4v) is 2.73. The summed E-state index contributed by atoms with van der Waals surface area (Å²) in [6.07, 6.45) is 5.30. The van der Waals surface area contributed by atoms with Crippen molar-refractivity contribution in [3.05, 3.63) is 33.5 Å². The smallest absolute Gasteiger partial charge is 0.198 e. The van der Waals surface area contributed by atoms with Gasteiger partial charge in [0.15, 0.2) is 5.78 Å². The molecule has 1 atom stereocenters. The lowest BCUT2D eigenvalue weighted by molar-refractivity contribution is 0.103. The molecule has 1 aromatic heterocycles. The van der Waals surface area contributed by atoms with Crippen LogP contribution in [0, 0.1) is 12.8 Å². The number of Topliss-reactive ketones (excluding diaryl/α,β-unsaturated/α-hetero) is 1. The average molecular weight is 220 g/mol. The molecule has 1 nitrogen and oxygen atoms in total. The van der Waals surface area contributed by atoms with Crippen molar-refractivity contribution < 1.29 is 4.79 Å². The van der Waals surface area contributed by atoms with Gasteiger partial charge in [-0.3, -0.25) is 4.79 Å². The molecule has 2 rings (SSSR count). The van der Waals surface area contributed by atoms with E-state index in [9.17, 15) is 4.79 Å². The van der Waals surface area contributed by atoms with E-state index >= 15 is 0 Å². The maximum absolute atomic E-state index is 12.1. The Kier molecular flexibility index (Phi) is 3.06. The Bertz CT molecular complexity index is 400. The minimum Gasteiger partial charge on any atom is -0.288 e. The summed E-state index contributed by atoms with van der Waals surface area (Å²) < 4.78 is 0. The summed E-state index contributed by atoms with van der Waals surface area (Å²) in [4.78, 5) is 14.2. The highest BCUT2D eigenvalue weighted by molar-refractivity contribution is 7.14. The molecule has 1 aromatic rings. The maximum Gasteiger partial charge on any atom is 0.198 e. The van der Waals surface area contributed by atoms with Crippen molar-refractivity contribution in [2.75, 3.05) is 0 Å². The second kappa shape index (κ2) is 4.31. The number of aryl methyl sites for hydroxylation is 1. The number of carbonyl (C=O) groups excluding carboxylic acids is 1. The van der Waals surface area contributed by atoms with Crippen LogP contribution in [-0.4, -0.2) is 5.78 Å². The van der Waals surface area contributed by atoms with Gasteiger partial charge in [0.25, 0.3) is 0 Å². The number of allylic oxidation sites excluding steroid dienone is 2. The second-order valence-electron chi connectivity index (χ2n) is 4.35. The molecule has 1 aliphatic rings. The number of thiophene rings is 1. The fraction of sp³-hybridized carbons (Fsp3) is 0.462. The Labute approximate surface area is 94.8 Å². The van der Waals surface area contributed by atoms with Crippen molar-refractivity contribution in [2.24, 2.45) is 5.92 Å². The first-order chi connectivity index (χ1) is 7.16. The third-order valence-electron chi connectivity index (χ3n) is 2.93. The van der Waals surface area contributed by atoms with Crippen molar-refractivity contribution >= 4 is 17.1 Å². The van der Waals surface area contributed by atoms with E-state index in [0.29, 0.717) is 0 Å². The standard InChI is InChI=1S/C13H16OS/c1-9-3-6-11(7-4-9)13(14)12-8-5-10(2)15-12/h5-6,8-9H,3-4,7H2,1-2H3. The predicted molar refractivity (Wildman–Crippen MR) is 64.5 cm³/mol. The van der Waals surface area contributed by atoms with Gasteiger partial charge in [0.2, 0.25) is 0 Å². The van der Waals surface area contributed by atoms with E-state index < -0.39 is 0 Å². The molecule has 0 bridgehead atoms. The summed E-state index contributed by atoms with van der Waals surface area (Å²) >= 11 is 1.60. The quantitative estimate of drug-likeness (QED) is 0.689. The summed E-state index contributed by atoms with van der Waals surface area (Å²) in [5.74, 6) is 0.992. The van der Waals surface area contributed by atoms with Crippen LogP contribution < -0.4 is 0 Å². The molecule has 1 heterocycles. The normalized spacial score (nSPS) is 21.2. The zero-order chi connectivity index (χ0) is 10.8. The molecule has 0 fully saturated rings. The van der Waals surface area contributed by atoms with Crippen LogP contribution >= 0.6 is 11.3 Å². The molecule has 1 unspecified atom stereocenters. The molecule has 0 spiro atoms. The fourth-order valence-electron chi connectivity index (χ4n) is 1.89. The van der Waals surface area contributed by atoms with Gasteiger partial charge in [0, 0.05) is 4.88 Å². The van der Waals surface area contributed by atoms with Crippen LogP contribution in [0.4, 0.5) is 0 Å². The zero-order valence-corrected chi connectivity index (χ0v) is 10.1. The molecular weight excluding hydrogens is 204 g/mol. The van der Waals surface area contributed by atoms with Gasteiger partial charge in [-0.15, -0.1) is 11.3 Å². The summed E-state index contributed by atoms with van der Waals surface area (Å²) in [5.41, 5.74) is 1.02. The lowest BCUT2D eigenvalue weighted by Crippen LogP contribution is -2.08. The Balaban J connectivity index is 2.15. The largest absolute Gasteiger partial charge is 0.288 e. The van der Waals surface area contributed by atoms with Crippen LogP contribution in [0.1, 0.15) is 40.7 Å². The maximum atomic E-state index is 12.1. The Morgan fingerprint density at radius 1 is 1.47 bits per heavy atom. The van der Waals surface area contributed by atoms with E-state index in [0.717, 1.165) is 35.6 Å². The summed E-state index contributed by atoms with van der Waals surface area (Å²) in [7, 11) is 0. The van der Waals surface area contributed by atoms with E-state index in [2.05, 4.69) is 13.0 Å². The van der Waals surface area contributed by atoms with Crippen LogP contribution in [0.5, 0.6) is 0 Å². The number of ketones is 1. The average Bonchev–Trinajstić information content (AvgIpc) is 2.65. The Morgan fingerprint density at radius 2 is 2.27 bits per heavy atom. The molecule has 0 saturated heterocycles. The minimum atomic E-state index is 0.250. The van der Waals surface area contributed by atoms with Crippen molar-refractivity contribution in [1.29, 1.82) is 0 Å². The second-order valence-corrected chi connectivity index (χ2v) is 5.64. The molecule has 0 amide bonds. The Hall–Kier alpha value is -0.890. The van der Waals surface area contributed by atoms with E-state index in [-0.39, 0.29) is 5.78 Å². The third kappa shape index (κ3) is 2.37. The van der Waals surface area contributed by atoms with E-state index in [1.165, 1.54) is 4.88 Å². The number of hydrogen-bond donors (Lipinski definition) is 0. The third-order valence-corrected chi connectivity index (χ3v) is 3.93. The zero-order valence-electron chi connectivity index (χ0n) is 9.25. The van der Waals surface area contributed by atoms with Crippen molar-refractivity contribution in [3.8, 4) is 0 Å². The SMILES string of the molecule is Cc1ccc(C(=O)C2=CCC(C)CC2)s1. The van der Waals surface area contributed by atoms with Gasteiger partial charge in [-0.1, -0.05) is 13.0 Å².